The van der Waals surface area contributed by atoms with E-state index in [-0.39, 0.29) is 11.5 Å². The SMILES string of the molecule is CCCc1nc2sc(C(=O)Nc3ccccc3)c(C)c2c(=O)n1C(C)C(N)=O. The second-order valence-electron chi connectivity index (χ2n) is 6.59. The summed E-state index contributed by atoms with van der Waals surface area (Å²) in [5, 5.41) is 3.19. The average Bonchev–Trinajstić information content (AvgIpc) is 2.99. The minimum absolute atomic E-state index is 0.294. The Labute approximate surface area is 166 Å². The highest BCUT2D eigenvalue weighted by Gasteiger charge is 2.24. The largest absolute Gasteiger partial charge is 0.368 e. The van der Waals surface area contributed by atoms with E-state index in [1.165, 1.54) is 15.9 Å². The van der Waals surface area contributed by atoms with Crippen LogP contribution in [-0.4, -0.2) is 21.4 Å². The number of nitrogens with one attached hydrogen (secondary N) is 1. The van der Waals surface area contributed by atoms with Crippen molar-refractivity contribution in [1.29, 1.82) is 0 Å². The van der Waals surface area contributed by atoms with E-state index in [9.17, 15) is 14.4 Å². The molecule has 0 fully saturated rings. The first-order valence-electron chi connectivity index (χ1n) is 9.05. The summed E-state index contributed by atoms with van der Waals surface area (Å²) in [6, 6.07) is 8.29. The van der Waals surface area contributed by atoms with Gasteiger partial charge in [-0.3, -0.25) is 19.0 Å². The van der Waals surface area contributed by atoms with Crippen LogP contribution >= 0.6 is 11.3 Å². The predicted molar refractivity (Wildman–Crippen MR) is 111 cm³/mol. The van der Waals surface area contributed by atoms with Crippen LogP contribution in [0.3, 0.4) is 0 Å². The van der Waals surface area contributed by atoms with Crippen LogP contribution in [0, 0.1) is 6.92 Å². The predicted octanol–water partition coefficient (Wildman–Crippen LogP) is 3.02. The summed E-state index contributed by atoms with van der Waals surface area (Å²) < 4.78 is 1.35. The average molecular weight is 398 g/mol. The second kappa shape index (κ2) is 7.93. The lowest BCUT2D eigenvalue weighted by atomic mass is 10.1. The Kier molecular flexibility index (Phi) is 5.60. The normalized spacial score (nSPS) is 12.1. The molecule has 0 aliphatic rings. The van der Waals surface area contributed by atoms with Crippen LogP contribution in [0.1, 0.15) is 47.4 Å². The number of para-hydroxylation sites is 1. The van der Waals surface area contributed by atoms with Crippen molar-refractivity contribution in [2.75, 3.05) is 5.32 Å². The van der Waals surface area contributed by atoms with Crippen molar-refractivity contribution >= 4 is 39.1 Å². The van der Waals surface area contributed by atoms with E-state index in [4.69, 9.17) is 5.73 Å². The number of aryl methyl sites for hydroxylation is 2. The Bertz CT molecular complexity index is 1100. The van der Waals surface area contributed by atoms with Crippen LogP contribution in [0.4, 0.5) is 5.69 Å². The van der Waals surface area contributed by atoms with E-state index in [0.29, 0.717) is 38.6 Å². The van der Waals surface area contributed by atoms with Gasteiger partial charge in [0.1, 0.15) is 16.7 Å². The lowest BCUT2D eigenvalue weighted by Gasteiger charge is -2.16. The third-order valence-electron chi connectivity index (χ3n) is 4.58. The summed E-state index contributed by atoms with van der Waals surface area (Å²) in [6.45, 7) is 5.27. The van der Waals surface area contributed by atoms with Crippen molar-refractivity contribution in [2.45, 2.75) is 39.7 Å². The maximum absolute atomic E-state index is 13.2. The number of hydrogen-bond acceptors (Lipinski definition) is 5. The minimum atomic E-state index is -0.813. The third kappa shape index (κ3) is 3.55. The number of benzene rings is 1. The molecule has 0 aliphatic carbocycles. The molecule has 2 heterocycles. The van der Waals surface area contributed by atoms with E-state index in [0.717, 1.165) is 6.42 Å². The topological polar surface area (TPSA) is 107 Å². The summed E-state index contributed by atoms with van der Waals surface area (Å²) in [5.74, 6) is -0.393. The van der Waals surface area contributed by atoms with Gasteiger partial charge in [0.05, 0.1) is 10.3 Å². The van der Waals surface area contributed by atoms with Crippen LogP contribution in [-0.2, 0) is 11.2 Å². The Hall–Kier alpha value is -3.00. The molecule has 2 aromatic heterocycles. The summed E-state index contributed by atoms with van der Waals surface area (Å²) in [4.78, 5) is 43.2. The number of carbonyl (C=O) groups is 2. The Balaban J connectivity index is 2.14. The molecule has 0 saturated heterocycles. The van der Waals surface area contributed by atoms with Gasteiger partial charge in [-0.1, -0.05) is 25.1 Å². The number of primary amides is 1. The number of carbonyl (C=O) groups excluding carboxylic acids is 2. The van der Waals surface area contributed by atoms with Gasteiger partial charge in [-0.2, -0.15) is 0 Å². The van der Waals surface area contributed by atoms with E-state index in [2.05, 4.69) is 10.3 Å². The molecule has 3 rings (SSSR count). The zero-order chi connectivity index (χ0) is 20.4. The summed E-state index contributed by atoms with van der Waals surface area (Å²) >= 11 is 1.18. The van der Waals surface area contributed by atoms with Gasteiger partial charge < -0.3 is 11.1 Å². The molecule has 1 atom stereocenters. The van der Waals surface area contributed by atoms with Gasteiger partial charge in [0, 0.05) is 12.1 Å². The molecule has 0 saturated carbocycles. The van der Waals surface area contributed by atoms with Crippen molar-refractivity contribution in [3.63, 3.8) is 0 Å². The third-order valence-corrected chi connectivity index (χ3v) is 5.76. The molecule has 0 aliphatic heterocycles. The molecule has 0 radical (unpaired) electrons. The van der Waals surface area contributed by atoms with Crippen LogP contribution in [0.2, 0.25) is 0 Å². The maximum atomic E-state index is 13.2. The number of anilines is 1. The zero-order valence-electron chi connectivity index (χ0n) is 16.0. The van der Waals surface area contributed by atoms with Gasteiger partial charge in [0.25, 0.3) is 11.5 Å². The van der Waals surface area contributed by atoms with Gasteiger partial charge in [0.15, 0.2) is 0 Å². The number of amides is 2. The second-order valence-corrected chi connectivity index (χ2v) is 7.59. The van der Waals surface area contributed by atoms with E-state index >= 15 is 0 Å². The fraction of sp³-hybridized carbons (Fsp3) is 0.300. The van der Waals surface area contributed by atoms with Gasteiger partial charge in [-0.05, 0) is 38.0 Å². The molecule has 28 heavy (non-hydrogen) atoms. The summed E-state index contributed by atoms with van der Waals surface area (Å²) in [5.41, 5.74) is 6.32. The Morgan fingerprint density at radius 3 is 2.57 bits per heavy atom. The maximum Gasteiger partial charge on any atom is 0.266 e. The number of nitrogens with zero attached hydrogens (tertiary/aromatic N) is 2. The Morgan fingerprint density at radius 1 is 1.29 bits per heavy atom. The van der Waals surface area contributed by atoms with Crippen molar-refractivity contribution in [3.05, 3.63) is 57.0 Å². The van der Waals surface area contributed by atoms with E-state index < -0.39 is 11.9 Å². The number of fused-ring (bicyclic) bond motifs is 1. The molecule has 0 spiro atoms. The van der Waals surface area contributed by atoms with Crippen molar-refractivity contribution in [1.82, 2.24) is 9.55 Å². The first-order chi connectivity index (χ1) is 13.3. The first-order valence-corrected chi connectivity index (χ1v) is 9.87. The van der Waals surface area contributed by atoms with E-state index in [1.54, 1.807) is 26.0 Å². The number of nitrogens with two attached hydrogens (primary N) is 1. The number of rotatable bonds is 6. The number of hydrogen-bond donors (Lipinski definition) is 2. The van der Waals surface area contributed by atoms with Crippen molar-refractivity contribution in [3.8, 4) is 0 Å². The molecule has 8 heteroatoms. The minimum Gasteiger partial charge on any atom is -0.368 e. The van der Waals surface area contributed by atoms with Crippen molar-refractivity contribution in [2.24, 2.45) is 5.73 Å². The van der Waals surface area contributed by atoms with Gasteiger partial charge in [0.2, 0.25) is 5.91 Å². The highest BCUT2D eigenvalue weighted by molar-refractivity contribution is 7.20. The van der Waals surface area contributed by atoms with Crippen LogP contribution in [0.25, 0.3) is 10.2 Å². The quantitative estimate of drug-likeness (QED) is 0.665. The van der Waals surface area contributed by atoms with Gasteiger partial charge in [-0.15, -0.1) is 11.3 Å². The first kappa shape index (κ1) is 19.8. The summed E-state index contributed by atoms with van der Waals surface area (Å²) in [6.07, 6.45) is 1.29. The molecule has 3 N–H and O–H groups in total. The van der Waals surface area contributed by atoms with Gasteiger partial charge >= 0.3 is 0 Å². The fourth-order valence-electron chi connectivity index (χ4n) is 3.09. The summed E-state index contributed by atoms with van der Waals surface area (Å²) in [7, 11) is 0. The molecule has 0 bridgehead atoms. The highest BCUT2D eigenvalue weighted by atomic mass is 32.1. The lowest BCUT2D eigenvalue weighted by molar-refractivity contribution is -0.120. The van der Waals surface area contributed by atoms with Crippen LogP contribution < -0.4 is 16.6 Å². The lowest BCUT2D eigenvalue weighted by Crippen LogP contribution is -2.35. The molecular formula is C20H22N4O3S. The smallest absolute Gasteiger partial charge is 0.266 e. The van der Waals surface area contributed by atoms with E-state index in [1.807, 2.05) is 25.1 Å². The zero-order valence-corrected chi connectivity index (χ0v) is 16.8. The standard InChI is InChI=1S/C20H22N4O3S/c1-4-8-14-23-19-15(20(27)24(14)12(3)17(21)25)11(2)16(28-19)18(26)22-13-9-6-5-7-10-13/h5-7,9-10,12H,4,8H2,1-3H3,(H2,21,25)(H,22,26). The van der Waals surface area contributed by atoms with Gasteiger partial charge in [-0.25, -0.2) is 4.98 Å². The number of aromatic nitrogens is 2. The monoisotopic (exact) mass is 398 g/mol. The molecule has 3 aromatic rings. The number of thiophene rings is 1. The molecule has 1 aromatic carbocycles. The molecular weight excluding hydrogens is 376 g/mol. The molecule has 2 amide bonds. The molecule has 7 nitrogen and oxygen atoms in total. The molecule has 1 unspecified atom stereocenters. The highest BCUT2D eigenvalue weighted by Crippen LogP contribution is 2.29. The van der Waals surface area contributed by atoms with Crippen LogP contribution in [0.15, 0.2) is 35.1 Å². The van der Waals surface area contributed by atoms with Crippen molar-refractivity contribution < 1.29 is 9.59 Å². The molecule has 146 valence electrons. The Morgan fingerprint density at radius 2 is 1.96 bits per heavy atom. The fourth-order valence-corrected chi connectivity index (χ4v) is 4.18. The van der Waals surface area contributed by atoms with Crippen LogP contribution in [0.5, 0.6) is 0 Å².